The highest BCUT2D eigenvalue weighted by atomic mass is 16.5. The normalized spacial score (nSPS) is 25.5. The number of aryl methyl sites for hydroxylation is 2. The number of benzene rings is 2. The first-order valence-electron chi connectivity index (χ1n) is 13.5. The van der Waals surface area contributed by atoms with Crippen molar-refractivity contribution in [1.29, 1.82) is 0 Å². The lowest BCUT2D eigenvalue weighted by atomic mass is 9.78. The first kappa shape index (κ1) is 24.0. The van der Waals surface area contributed by atoms with Gasteiger partial charge in [-0.2, -0.15) is 0 Å². The van der Waals surface area contributed by atoms with Gasteiger partial charge in [0, 0.05) is 0 Å². The summed E-state index contributed by atoms with van der Waals surface area (Å²) in [6.45, 7) is 4.46. The van der Waals surface area contributed by atoms with E-state index in [4.69, 9.17) is 4.74 Å². The second kappa shape index (κ2) is 11.9. The summed E-state index contributed by atoms with van der Waals surface area (Å²) in [7, 11) is 0. The molecule has 178 valence electrons. The molecule has 0 atom stereocenters. The number of esters is 1. The highest BCUT2D eigenvalue weighted by Crippen LogP contribution is 2.38. The van der Waals surface area contributed by atoms with Crippen LogP contribution in [0.1, 0.15) is 112 Å². The SMILES string of the molecule is CCCc1ccc(C2CCC(OC(=O)C3CCC(c4ccc(CCC)cc4)CC3)CC2)cc1. The molecule has 0 unspecified atom stereocenters. The number of hydrogen-bond donors (Lipinski definition) is 0. The Balaban J connectivity index is 1.20. The van der Waals surface area contributed by atoms with Crippen LogP contribution in [-0.4, -0.2) is 12.1 Å². The van der Waals surface area contributed by atoms with Gasteiger partial charge in [0.25, 0.3) is 0 Å². The average molecular weight is 447 g/mol. The molecule has 0 bridgehead atoms. The molecule has 2 aliphatic carbocycles. The summed E-state index contributed by atoms with van der Waals surface area (Å²) >= 11 is 0. The topological polar surface area (TPSA) is 26.3 Å². The number of ether oxygens (including phenoxy) is 1. The van der Waals surface area contributed by atoms with E-state index in [-0.39, 0.29) is 18.0 Å². The van der Waals surface area contributed by atoms with Gasteiger partial charge in [-0.25, -0.2) is 0 Å². The molecule has 0 radical (unpaired) electrons. The zero-order valence-electron chi connectivity index (χ0n) is 20.7. The minimum atomic E-state index is 0.0686. The minimum absolute atomic E-state index is 0.0686. The maximum Gasteiger partial charge on any atom is 0.309 e. The smallest absolute Gasteiger partial charge is 0.309 e. The van der Waals surface area contributed by atoms with Crippen molar-refractivity contribution in [2.45, 2.75) is 109 Å². The van der Waals surface area contributed by atoms with Crippen LogP contribution in [0.5, 0.6) is 0 Å². The summed E-state index contributed by atoms with van der Waals surface area (Å²) in [6, 6.07) is 18.4. The maximum absolute atomic E-state index is 12.9. The van der Waals surface area contributed by atoms with Crippen LogP contribution in [-0.2, 0) is 22.4 Å². The Bertz CT molecular complexity index is 851. The van der Waals surface area contributed by atoms with Crippen LogP contribution >= 0.6 is 0 Å². The molecular formula is C31H42O2. The molecule has 0 aliphatic heterocycles. The lowest BCUT2D eigenvalue weighted by Gasteiger charge is -2.32. The van der Waals surface area contributed by atoms with E-state index in [9.17, 15) is 4.79 Å². The summed E-state index contributed by atoms with van der Waals surface area (Å²) in [6.07, 6.45) is 13.3. The number of carbonyl (C=O) groups excluding carboxylic acids is 1. The summed E-state index contributed by atoms with van der Waals surface area (Å²) in [5, 5.41) is 0. The first-order chi connectivity index (χ1) is 16.2. The molecule has 2 nitrogen and oxygen atoms in total. The van der Waals surface area contributed by atoms with Gasteiger partial charge in [0.2, 0.25) is 0 Å². The van der Waals surface area contributed by atoms with E-state index in [1.54, 1.807) is 0 Å². The standard InChI is InChI=1S/C31H42O2/c1-3-5-23-7-11-25(12-8-23)27-15-17-29(18-16-27)31(32)33-30-21-19-28(20-22-30)26-13-9-24(6-4-2)10-14-26/h7-14,27-30H,3-6,15-22H2,1-2H3. The quantitative estimate of drug-likeness (QED) is 0.383. The van der Waals surface area contributed by atoms with Gasteiger partial charge in [-0.15, -0.1) is 0 Å². The predicted octanol–water partition coefficient (Wildman–Crippen LogP) is 8.14. The lowest BCUT2D eigenvalue weighted by Crippen LogP contribution is -2.29. The summed E-state index contributed by atoms with van der Waals surface area (Å²) < 4.78 is 6.01. The first-order valence-corrected chi connectivity index (χ1v) is 13.5. The molecule has 0 aromatic heterocycles. The van der Waals surface area contributed by atoms with Gasteiger partial charge in [-0.05, 0) is 98.3 Å². The van der Waals surface area contributed by atoms with Gasteiger partial charge in [0.15, 0.2) is 0 Å². The van der Waals surface area contributed by atoms with Crippen LogP contribution in [0.3, 0.4) is 0 Å². The van der Waals surface area contributed by atoms with E-state index in [1.807, 2.05) is 0 Å². The Morgan fingerprint density at radius 1 is 0.667 bits per heavy atom. The lowest BCUT2D eigenvalue weighted by molar-refractivity contribution is -0.157. The second-order valence-electron chi connectivity index (χ2n) is 10.4. The predicted molar refractivity (Wildman–Crippen MR) is 137 cm³/mol. The van der Waals surface area contributed by atoms with Gasteiger partial charge in [0.1, 0.15) is 6.10 Å². The van der Waals surface area contributed by atoms with Gasteiger partial charge >= 0.3 is 5.97 Å². The van der Waals surface area contributed by atoms with Crippen molar-refractivity contribution in [1.82, 2.24) is 0 Å². The van der Waals surface area contributed by atoms with Crippen LogP contribution in [0.4, 0.5) is 0 Å². The molecule has 2 aromatic rings. The van der Waals surface area contributed by atoms with E-state index in [2.05, 4.69) is 62.4 Å². The number of carbonyl (C=O) groups is 1. The molecule has 2 aliphatic rings. The Morgan fingerprint density at radius 2 is 1.09 bits per heavy atom. The molecule has 2 heteroatoms. The highest BCUT2D eigenvalue weighted by Gasteiger charge is 2.31. The Labute approximate surface area is 201 Å². The van der Waals surface area contributed by atoms with Crippen molar-refractivity contribution < 1.29 is 9.53 Å². The molecule has 0 saturated heterocycles. The van der Waals surface area contributed by atoms with E-state index >= 15 is 0 Å². The third-order valence-corrected chi connectivity index (χ3v) is 8.00. The van der Waals surface area contributed by atoms with Crippen molar-refractivity contribution >= 4 is 5.97 Å². The van der Waals surface area contributed by atoms with Crippen molar-refractivity contribution in [3.05, 3.63) is 70.8 Å². The molecule has 33 heavy (non-hydrogen) atoms. The molecule has 0 spiro atoms. The van der Waals surface area contributed by atoms with Gasteiger partial charge in [-0.1, -0.05) is 75.2 Å². The van der Waals surface area contributed by atoms with Crippen LogP contribution in [0.2, 0.25) is 0 Å². The van der Waals surface area contributed by atoms with E-state index in [0.29, 0.717) is 11.8 Å². The van der Waals surface area contributed by atoms with Crippen LogP contribution in [0.15, 0.2) is 48.5 Å². The third kappa shape index (κ3) is 6.49. The van der Waals surface area contributed by atoms with Crippen molar-refractivity contribution in [2.24, 2.45) is 5.92 Å². The monoisotopic (exact) mass is 446 g/mol. The van der Waals surface area contributed by atoms with Crippen LogP contribution in [0.25, 0.3) is 0 Å². The van der Waals surface area contributed by atoms with Gasteiger partial charge in [0.05, 0.1) is 5.92 Å². The Kier molecular flexibility index (Phi) is 8.64. The molecule has 0 heterocycles. The molecule has 2 fully saturated rings. The zero-order chi connectivity index (χ0) is 23.0. The highest BCUT2D eigenvalue weighted by molar-refractivity contribution is 5.72. The van der Waals surface area contributed by atoms with Crippen LogP contribution in [0, 0.1) is 5.92 Å². The fourth-order valence-electron chi connectivity index (χ4n) is 5.93. The molecule has 4 rings (SSSR count). The number of hydrogen-bond acceptors (Lipinski definition) is 2. The van der Waals surface area contributed by atoms with E-state index in [0.717, 1.165) is 64.2 Å². The second-order valence-corrected chi connectivity index (χ2v) is 10.4. The average Bonchev–Trinajstić information content (AvgIpc) is 2.86. The molecule has 0 amide bonds. The zero-order valence-corrected chi connectivity index (χ0v) is 20.7. The van der Waals surface area contributed by atoms with Crippen LogP contribution < -0.4 is 0 Å². The van der Waals surface area contributed by atoms with E-state index in [1.165, 1.54) is 35.1 Å². The summed E-state index contributed by atoms with van der Waals surface area (Å²) in [5.74, 6) is 1.39. The minimum Gasteiger partial charge on any atom is -0.462 e. The number of rotatable bonds is 8. The Morgan fingerprint density at radius 3 is 1.52 bits per heavy atom. The third-order valence-electron chi connectivity index (χ3n) is 8.00. The van der Waals surface area contributed by atoms with Gasteiger partial charge in [-0.3, -0.25) is 4.79 Å². The molecule has 2 saturated carbocycles. The van der Waals surface area contributed by atoms with Crippen molar-refractivity contribution in [3.8, 4) is 0 Å². The van der Waals surface area contributed by atoms with E-state index < -0.39 is 0 Å². The largest absolute Gasteiger partial charge is 0.462 e. The summed E-state index contributed by atoms with van der Waals surface area (Å²) in [5.41, 5.74) is 5.78. The molecule has 0 N–H and O–H groups in total. The summed E-state index contributed by atoms with van der Waals surface area (Å²) in [4.78, 5) is 12.9. The fourth-order valence-corrected chi connectivity index (χ4v) is 5.93. The van der Waals surface area contributed by atoms with Gasteiger partial charge < -0.3 is 4.74 Å². The molecule has 2 aromatic carbocycles. The maximum atomic E-state index is 12.9. The van der Waals surface area contributed by atoms with Crippen molar-refractivity contribution in [3.63, 3.8) is 0 Å². The fraction of sp³-hybridized carbons (Fsp3) is 0.581. The molecular weight excluding hydrogens is 404 g/mol. The Hall–Kier alpha value is -2.09. The van der Waals surface area contributed by atoms with Crippen molar-refractivity contribution in [2.75, 3.05) is 0 Å².